The van der Waals surface area contributed by atoms with Gasteiger partial charge in [-0.15, -0.1) is 0 Å². The zero-order valence-corrected chi connectivity index (χ0v) is 21.0. The van der Waals surface area contributed by atoms with Crippen LogP contribution in [0.1, 0.15) is 20.8 Å². The number of rotatable bonds is 4. The van der Waals surface area contributed by atoms with Crippen LogP contribution in [0, 0.1) is 5.82 Å². The summed E-state index contributed by atoms with van der Waals surface area (Å²) in [7, 11) is 0. The summed E-state index contributed by atoms with van der Waals surface area (Å²) in [6.07, 6.45) is 4.34. The zero-order valence-electron chi connectivity index (χ0n) is 21.0. The maximum absolute atomic E-state index is 14.6. The number of carbonyl (C=O) groups excluding carboxylic acids is 1. The Labute approximate surface area is 214 Å². The fourth-order valence-electron chi connectivity index (χ4n) is 4.09. The van der Waals surface area contributed by atoms with Gasteiger partial charge in [-0.3, -0.25) is 4.98 Å². The molecule has 190 valence electrons. The lowest BCUT2D eigenvalue weighted by atomic mass is 10.1. The van der Waals surface area contributed by atoms with Gasteiger partial charge in [0, 0.05) is 43.3 Å². The summed E-state index contributed by atoms with van der Waals surface area (Å²) in [6.45, 7) is 8.10. The SMILES string of the molecule is CC(C)(C)OC(=O)N1CCN(c2ccc(Nc3ncc(F)c(-c4ccc5ncccc5c4)n3)nc2)CC1. The number of hydrogen-bond donors (Lipinski definition) is 1. The highest BCUT2D eigenvalue weighted by Gasteiger charge is 2.26. The first-order valence-electron chi connectivity index (χ1n) is 12.1. The molecule has 0 saturated carbocycles. The highest BCUT2D eigenvalue weighted by Crippen LogP contribution is 2.26. The Morgan fingerprint density at radius 3 is 2.54 bits per heavy atom. The summed E-state index contributed by atoms with van der Waals surface area (Å²) in [5.74, 6) is 0.271. The van der Waals surface area contributed by atoms with Crippen LogP contribution in [-0.4, -0.2) is 62.7 Å². The van der Waals surface area contributed by atoms with Gasteiger partial charge in [-0.25, -0.2) is 24.1 Å². The van der Waals surface area contributed by atoms with Gasteiger partial charge >= 0.3 is 6.09 Å². The summed E-state index contributed by atoms with van der Waals surface area (Å²) in [4.78, 5) is 33.4. The summed E-state index contributed by atoms with van der Waals surface area (Å²) in [5, 5.41) is 3.95. The normalized spacial score (nSPS) is 14.1. The van der Waals surface area contributed by atoms with Crippen LogP contribution in [0.25, 0.3) is 22.2 Å². The van der Waals surface area contributed by atoms with E-state index in [1.54, 1.807) is 23.4 Å². The van der Waals surface area contributed by atoms with Crippen molar-refractivity contribution in [1.82, 2.24) is 24.8 Å². The minimum absolute atomic E-state index is 0.197. The van der Waals surface area contributed by atoms with E-state index in [2.05, 4.69) is 30.2 Å². The molecule has 1 aliphatic rings. The van der Waals surface area contributed by atoms with Crippen LogP contribution >= 0.6 is 0 Å². The number of benzene rings is 1. The van der Waals surface area contributed by atoms with Crippen molar-refractivity contribution in [2.24, 2.45) is 0 Å². The average Bonchev–Trinajstić information content (AvgIpc) is 2.89. The number of ether oxygens (including phenoxy) is 1. The van der Waals surface area contributed by atoms with Gasteiger partial charge < -0.3 is 19.9 Å². The standard InChI is InChI=1S/C27H28FN7O2/c1-27(2,3)37-26(36)35-13-11-34(12-14-35)20-7-9-23(30-16-20)32-25-31-17-21(28)24(33-25)19-6-8-22-18(15-19)5-4-10-29-22/h4-10,15-17H,11-14H2,1-3H3,(H,30,31,32,33). The molecule has 5 rings (SSSR count). The molecule has 0 unspecified atom stereocenters. The molecule has 9 nitrogen and oxygen atoms in total. The lowest BCUT2D eigenvalue weighted by Crippen LogP contribution is -2.50. The lowest BCUT2D eigenvalue weighted by molar-refractivity contribution is 0.0240. The third-order valence-corrected chi connectivity index (χ3v) is 5.90. The molecule has 0 spiro atoms. The third-order valence-electron chi connectivity index (χ3n) is 5.90. The van der Waals surface area contributed by atoms with E-state index in [-0.39, 0.29) is 17.7 Å². The molecule has 1 fully saturated rings. The molecule has 0 bridgehead atoms. The number of amides is 1. The van der Waals surface area contributed by atoms with E-state index in [1.165, 1.54) is 0 Å². The van der Waals surface area contributed by atoms with Gasteiger partial charge in [0.25, 0.3) is 0 Å². The highest BCUT2D eigenvalue weighted by atomic mass is 19.1. The van der Waals surface area contributed by atoms with E-state index in [0.717, 1.165) is 22.8 Å². The molecule has 1 N–H and O–H groups in total. The van der Waals surface area contributed by atoms with Gasteiger partial charge in [-0.1, -0.05) is 12.1 Å². The molecule has 0 aliphatic carbocycles. The molecule has 3 aromatic heterocycles. The van der Waals surface area contributed by atoms with Crippen molar-refractivity contribution < 1.29 is 13.9 Å². The second kappa shape index (κ2) is 9.96. The van der Waals surface area contributed by atoms with Crippen LogP contribution in [-0.2, 0) is 4.74 Å². The molecular formula is C27H28FN7O2. The van der Waals surface area contributed by atoms with Gasteiger partial charge in [-0.05, 0) is 51.1 Å². The lowest BCUT2D eigenvalue weighted by Gasteiger charge is -2.36. The molecule has 4 heterocycles. The molecule has 0 atom stereocenters. The third kappa shape index (κ3) is 5.74. The van der Waals surface area contributed by atoms with Crippen LogP contribution in [0.5, 0.6) is 0 Å². The number of halogens is 1. The van der Waals surface area contributed by atoms with Crippen molar-refractivity contribution >= 4 is 34.4 Å². The Hall–Kier alpha value is -4.34. The molecule has 0 radical (unpaired) electrons. The van der Waals surface area contributed by atoms with Crippen molar-refractivity contribution in [2.75, 3.05) is 36.4 Å². The Bertz CT molecular complexity index is 1410. The maximum Gasteiger partial charge on any atom is 0.410 e. The van der Waals surface area contributed by atoms with Crippen LogP contribution < -0.4 is 10.2 Å². The van der Waals surface area contributed by atoms with Crippen LogP contribution in [0.2, 0.25) is 0 Å². The van der Waals surface area contributed by atoms with E-state index < -0.39 is 11.4 Å². The first kappa shape index (κ1) is 24.4. The molecule has 1 saturated heterocycles. The van der Waals surface area contributed by atoms with E-state index in [4.69, 9.17) is 4.74 Å². The molecule has 37 heavy (non-hydrogen) atoms. The predicted molar refractivity (Wildman–Crippen MR) is 140 cm³/mol. The number of fused-ring (bicyclic) bond motifs is 1. The van der Waals surface area contributed by atoms with Crippen molar-refractivity contribution in [3.05, 3.63) is 66.9 Å². The second-order valence-corrected chi connectivity index (χ2v) is 9.78. The van der Waals surface area contributed by atoms with Gasteiger partial charge in [0.05, 0.1) is 23.6 Å². The van der Waals surface area contributed by atoms with Gasteiger partial charge in [-0.2, -0.15) is 0 Å². The number of aromatic nitrogens is 4. The van der Waals surface area contributed by atoms with Crippen molar-refractivity contribution in [3.63, 3.8) is 0 Å². The van der Waals surface area contributed by atoms with E-state index in [9.17, 15) is 9.18 Å². The van der Waals surface area contributed by atoms with Crippen molar-refractivity contribution in [2.45, 2.75) is 26.4 Å². The van der Waals surface area contributed by atoms with Gasteiger partial charge in [0.1, 0.15) is 17.1 Å². The minimum Gasteiger partial charge on any atom is -0.444 e. The largest absolute Gasteiger partial charge is 0.444 e. The molecule has 1 aromatic carbocycles. The fraction of sp³-hybridized carbons (Fsp3) is 0.296. The molecule has 10 heteroatoms. The van der Waals surface area contributed by atoms with Crippen LogP contribution in [0.4, 0.5) is 26.6 Å². The summed E-state index contributed by atoms with van der Waals surface area (Å²) >= 11 is 0. The van der Waals surface area contributed by atoms with Crippen molar-refractivity contribution in [3.8, 4) is 11.3 Å². The second-order valence-electron chi connectivity index (χ2n) is 9.78. The smallest absolute Gasteiger partial charge is 0.410 e. The topological polar surface area (TPSA) is 96.4 Å². The molecule has 1 aliphatic heterocycles. The van der Waals surface area contributed by atoms with E-state index >= 15 is 0 Å². The number of piperazine rings is 1. The Balaban J connectivity index is 1.24. The average molecular weight is 502 g/mol. The molecule has 1 amide bonds. The van der Waals surface area contributed by atoms with E-state index in [0.29, 0.717) is 37.6 Å². The monoisotopic (exact) mass is 501 g/mol. The Morgan fingerprint density at radius 2 is 1.81 bits per heavy atom. The zero-order chi connectivity index (χ0) is 26.0. The number of nitrogens with one attached hydrogen (secondary N) is 1. The summed E-state index contributed by atoms with van der Waals surface area (Å²) in [6, 6.07) is 13.0. The van der Waals surface area contributed by atoms with Gasteiger partial charge in [0.2, 0.25) is 5.95 Å². The van der Waals surface area contributed by atoms with Crippen LogP contribution in [0.15, 0.2) is 61.1 Å². The highest BCUT2D eigenvalue weighted by molar-refractivity contribution is 5.83. The number of carbonyl (C=O) groups is 1. The summed E-state index contributed by atoms with van der Waals surface area (Å²) in [5.41, 5.74) is 2.10. The molecule has 4 aromatic rings. The van der Waals surface area contributed by atoms with Crippen molar-refractivity contribution in [1.29, 1.82) is 0 Å². The quantitative estimate of drug-likeness (QED) is 0.416. The minimum atomic E-state index is -0.511. The number of hydrogen-bond acceptors (Lipinski definition) is 8. The molecular weight excluding hydrogens is 473 g/mol. The van der Waals surface area contributed by atoms with E-state index in [1.807, 2.05) is 57.2 Å². The maximum atomic E-state index is 14.6. The number of anilines is 3. The Morgan fingerprint density at radius 1 is 1.00 bits per heavy atom. The summed E-state index contributed by atoms with van der Waals surface area (Å²) < 4.78 is 20.1. The fourth-order valence-corrected chi connectivity index (χ4v) is 4.09. The number of nitrogens with zero attached hydrogens (tertiary/aromatic N) is 6. The van der Waals surface area contributed by atoms with Crippen LogP contribution in [0.3, 0.4) is 0 Å². The predicted octanol–water partition coefficient (Wildman–Crippen LogP) is 5.03. The number of pyridine rings is 2. The first-order chi connectivity index (χ1) is 17.7. The first-order valence-corrected chi connectivity index (χ1v) is 12.1. The Kier molecular flexibility index (Phi) is 6.56. The van der Waals surface area contributed by atoms with Gasteiger partial charge in [0.15, 0.2) is 5.82 Å².